The topological polar surface area (TPSA) is 62.5 Å². The standard InChI is InChI=1S/C16H24N2O3/c1-2-3-4-7-15(19)17-11-8-13(9-12-17)18-10-5-6-14(18)16(20)21/h5-6,10,13H,2-4,7-9,11-12H2,1H3,(H,20,21). The molecule has 0 atom stereocenters. The number of unbranched alkanes of at least 4 members (excludes halogenated alkanes) is 2. The molecule has 21 heavy (non-hydrogen) atoms. The Labute approximate surface area is 125 Å². The van der Waals surface area contributed by atoms with Gasteiger partial charge in [-0.25, -0.2) is 4.79 Å². The number of likely N-dealkylation sites (tertiary alicyclic amines) is 1. The summed E-state index contributed by atoms with van der Waals surface area (Å²) in [5.41, 5.74) is 0.336. The molecule has 1 aromatic heterocycles. The molecule has 2 heterocycles. The van der Waals surface area contributed by atoms with Crippen LogP contribution in [-0.2, 0) is 4.79 Å². The fraction of sp³-hybridized carbons (Fsp3) is 0.625. The zero-order valence-corrected chi connectivity index (χ0v) is 12.6. The maximum Gasteiger partial charge on any atom is 0.352 e. The van der Waals surface area contributed by atoms with E-state index in [2.05, 4.69) is 6.92 Å². The van der Waals surface area contributed by atoms with E-state index < -0.39 is 5.97 Å². The monoisotopic (exact) mass is 292 g/mol. The Balaban J connectivity index is 1.87. The van der Waals surface area contributed by atoms with Crippen LogP contribution in [0.2, 0.25) is 0 Å². The third-order valence-corrected chi connectivity index (χ3v) is 4.20. The Morgan fingerprint density at radius 1 is 1.29 bits per heavy atom. The van der Waals surface area contributed by atoms with Crippen LogP contribution in [0.1, 0.15) is 62.0 Å². The number of rotatable bonds is 6. The van der Waals surface area contributed by atoms with E-state index in [0.717, 1.165) is 45.2 Å². The van der Waals surface area contributed by atoms with Crippen LogP contribution in [0.25, 0.3) is 0 Å². The molecular weight excluding hydrogens is 268 g/mol. The molecule has 0 aromatic carbocycles. The highest BCUT2D eigenvalue weighted by atomic mass is 16.4. The second-order valence-electron chi connectivity index (χ2n) is 5.67. The molecule has 1 amide bonds. The Bertz CT molecular complexity index is 487. The van der Waals surface area contributed by atoms with E-state index in [9.17, 15) is 9.59 Å². The number of hydrogen-bond donors (Lipinski definition) is 1. The van der Waals surface area contributed by atoms with Crippen molar-refractivity contribution in [3.05, 3.63) is 24.0 Å². The normalized spacial score (nSPS) is 16.1. The van der Waals surface area contributed by atoms with E-state index in [4.69, 9.17) is 5.11 Å². The van der Waals surface area contributed by atoms with Gasteiger partial charge >= 0.3 is 5.97 Å². The molecule has 0 aliphatic carbocycles. The predicted octanol–water partition coefficient (Wildman–Crippen LogP) is 2.93. The summed E-state index contributed by atoms with van der Waals surface area (Å²) >= 11 is 0. The van der Waals surface area contributed by atoms with Crippen molar-refractivity contribution in [1.29, 1.82) is 0 Å². The number of aromatic nitrogens is 1. The molecule has 5 heteroatoms. The third-order valence-electron chi connectivity index (χ3n) is 4.20. The molecule has 0 bridgehead atoms. The number of amides is 1. The number of carboxylic acid groups (broad SMARTS) is 1. The lowest BCUT2D eigenvalue weighted by molar-refractivity contribution is -0.132. The van der Waals surface area contributed by atoms with Crippen LogP contribution in [0.15, 0.2) is 18.3 Å². The van der Waals surface area contributed by atoms with Crippen molar-refractivity contribution in [1.82, 2.24) is 9.47 Å². The first-order chi connectivity index (χ1) is 10.1. The number of nitrogens with zero attached hydrogens (tertiary/aromatic N) is 2. The number of aromatic carboxylic acids is 1. The van der Waals surface area contributed by atoms with Crippen molar-refractivity contribution in [3.63, 3.8) is 0 Å². The highest BCUT2D eigenvalue weighted by molar-refractivity contribution is 5.85. The minimum Gasteiger partial charge on any atom is -0.477 e. The van der Waals surface area contributed by atoms with Gasteiger partial charge in [-0.1, -0.05) is 19.8 Å². The maximum atomic E-state index is 12.1. The lowest BCUT2D eigenvalue weighted by Crippen LogP contribution is -2.39. The average Bonchev–Trinajstić information content (AvgIpc) is 2.97. The van der Waals surface area contributed by atoms with Gasteiger partial charge in [0, 0.05) is 31.7 Å². The first-order valence-corrected chi connectivity index (χ1v) is 7.81. The number of carbonyl (C=O) groups excluding carboxylic acids is 1. The molecule has 1 aromatic rings. The molecule has 0 saturated carbocycles. The summed E-state index contributed by atoms with van der Waals surface area (Å²) in [6.07, 6.45) is 7.32. The Morgan fingerprint density at radius 2 is 2.00 bits per heavy atom. The molecule has 0 spiro atoms. The van der Waals surface area contributed by atoms with Crippen LogP contribution in [0.5, 0.6) is 0 Å². The first-order valence-electron chi connectivity index (χ1n) is 7.81. The lowest BCUT2D eigenvalue weighted by atomic mass is 10.0. The SMILES string of the molecule is CCCCCC(=O)N1CCC(n2cccc2C(=O)O)CC1. The molecule has 1 aliphatic heterocycles. The Kier molecular flexibility index (Phi) is 5.42. The van der Waals surface area contributed by atoms with Crippen molar-refractivity contribution in [3.8, 4) is 0 Å². The van der Waals surface area contributed by atoms with E-state index in [1.54, 1.807) is 12.1 Å². The highest BCUT2D eigenvalue weighted by Crippen LogP contribution is 2.25. The largest absolute Gasteiger partial charge is 0.477 e. The van der Waals surface area contributed by atoms with Gasteiger partial charge in [0.2, 0.25) is 5.91 Å². The summed E-state index contributed by atoms with van der Waals surface area (Å²) in [4.78, 5) is 25.2. The van der Waals surface area contributed by atoms with E-state index >= 15 is 0 Å². The second kappa shape index (κ2) is 7.29. The van der Waals surface area contributed by atoms with E-state index in [1.165, 1.54) is 0 Å². The molecule has 0 unspecified atom stereocenters. The molecule has 2 rings (SSSR count). The Morgan fingerprint density at radius 3 is 2.62 bits per heavy atom. The summed E-state index contributed by atoms with van der Waals surface area (Å²) < 4.78 is 1.83. The van der Waals surface area contributed by atoms with Gasteiger partial charge in [0.25, 0.3) is 0 Å². The fourth-order valence-corrected chi connectivity index (χ4v) is 2.97. The molecule has 1 fully saturated rings. The van der Waals surface area contributed by atoms with Gasteiger partial charge in [-0.2, -0.15) is 0 Å². The van der Waals surface area contributed by atoms with Gasteiger partial charge in [0.1, 0.15) is 5.69 Å². The molecule has 1 N–H and O–H groups in total. The lowest BCUT2D eigenvalue weighted by Gasteiger charge is -2.33. The summed E-state index contributed by atoms with van der Waals surface area (Å²) in [5, 5.41) is 9.16. The van der Waals surface area contributed by atoms with Crippen molar-refractivity contribution in [2.45, 2.75) is 51.5 Å². The quantitative estimate of drug-likeness (QED) is 0.820. The van der Waals surface area contributed by atoms with Gasteiger partial charge in [-0.05, 0) is 31.4 Å². The van der Waals surface area contributed by atoms with Gasteiger partial charge in [0.15, 0.2) is 0 Å². The fourth-order valence-electron chi connectivity index (χ4n) is 2.97. The number of carbonyl (C=O) groups is 2. The predicted molar refractivity (Wildman–Crippen MR) is 80.4 cm³/mol. The van der Waals surface area contributed by atoms with Crippen LogP contribution in [0, 0.1) is 0 Å². The minimum absolute atomic E-state index is 0.186. The van der Waals surface area contributed by atoms with E-state index in [0.29, 0.717) is 12.1 Å². The van der Waals surface area contributed by atoms with Crippen molar-refractivity contribution < 1.29 is 14.7 Å². The van der Waals surface area contributed by atoms with Crippen molar-refractivity contribution >= 4 is 11.9 Å². The van der Waals surface area contributed by atoms with Crippen LogP contribution < -0.4 is 0 Å². The van der Waals surface area contributed by atoms with Crippen LogP contribution in [0.3, 0.4) is 0 Å². The van der Waals surface area contributed by atoms with Crippen LogP contribution >= 0.6 is 0 Å². The summed E-state index contributed by atoms with van der Waals surface area (Å²) in [6, 6.07) is 3.59. The summed E-state index contributed by atoms with van der Waals surface area (Å²) in [7, 11) is 0. The van der Waals surface area contributed by atoms with Gasteiger partial charge in [-0.15, -0.1) is 0 Å². The molecule has 116 valence electrons. The number of hydrogen-bond acceptors (Lipinski definition) is 2. The molecular formula is C16H24N2O3. The summed E-state index contributed by atoms with van der Waals surface area (Å²) in [6.45, 7) is 3.59. The molecule has 1 aliphatic rings. The average molecular weight is 292 g/mol. The van der Waals surface area contributed by atoms with Gasteiger partial charge < -0.3 is 14.6 Å². The molecule has 0 radical (unpaired) electrons. The van der Waals surface area contributed by atoms with Gasteiger partial charge in [-0.3, -0.25) is 4.79 Å². The zero-order chi connectivity index (χ0) is 15.2. The van der Waals surface area contributed by atoms with Crippen molar-refractivity contribution in [2.24, 2.45) is 0 Å². The van der Waals surface area contributed by atoms with E-state index in [1.807, 2.05) is 15.7 Å². The maximum absolute atomic E-state index is 12.1. The second-order valence-corrected chi connectivity index (χ2v) is 5.67. The van der Waals surface area contributed by atoms with Crippen LogP contribution in [0.4, 0.5) is 0 Å². The minimum atomic E-state index is -0.891. The zero-order valence-electron chi connectivity index (χ0n) is 12.6. The number of piperidine rings is 1. The highest BCUT2D eigenvalue weighted by Gasteiger charge is 2.25. The first kappa shape index (κ1) is 15.6. The molecule has 5 nitrogen and oxygen atoms in total. The molecule has 1 saturated heterocycles. The Hall–Kier alpha value is -1.78. The number of carboxylic acids is 1. The van der Waals surface area contributed by atoms with Gasteiger partial charge in [0.05, 0.1) is 0 Å². The van der Waals surface area contributed by atoms with E-state index in [-0.39, 0.29) is 11.9 Å². The third kappa shape index (κ3) is 3.86. The van der Waals surface area contributed by atoms with Crippen molar-refractivity contribution in [2.75, 3.05) is 13.1 Å². The smallest absolute Gasteiger partial charge is 0.352 e. The summed E-state index contributed by atoms with van der Waals surface area (Å²) in [5.74, 6) is -0.647. The van der Waals surface area contributed by atoms with Crippen LogP contribution in [-0.4, -0.2) is 39.5 Å².